The summed E-state index contributed by atoms with van der Waals surface area (Å²) in [5, 5.41) is 1.07. The summed E-state index contributed by atoms with van der Waals surface area (Å²) in [5.74, 6) is 0.782. The summed E-state index contributed by atoms with van der Waals surface area (Å²) >= 11 is 0. The van der Waals surface area contributed by atoms with E-state index >= 15 is 0 Å². The molecule has 0 fully saturated rings. The average molecular weight is 491 g/mol. The summed E-state index contributed by atoms with van der Waals surface area (Å²) in [6.07, 6.45) is 1.81. The van der Waals surface area contributed by atoms with Gasteiger partial charge in [-0.05, 0) is 53.9 Å². The molecule has 0 aliphatic heterocycles. The summed E-state index contributed by atoms with van der Waals surface area (Å²) < 4.78 is 0. The number of nitrogens with one attached hydrogen (secondary N) is 1. The van der Waals surface area contributed by atoms with Crippen molar-refractivity contribution < 1.29 is 0 Å². The Morgan fingerprint density at radius 3 is 2.47 bits per heavy atom. The van der Waals surface area contributed by atoms with E-state index in [1.807, 2.05) is 49.5 Å². The van der Waals surface area contributed by atoms with Gasteiger partial charge < -0.3 is 9.79 Å². The molecule has 3 heterocycles. The fourth-order valence-corrected chi connectivity index (χ4v) is 4.82. The SMILES string of the molecule is [B]N(Cc1nc(-c2ccc3ncccc3c2)c(-c2cccc(C)n2)[nH]1)Cc1ccccc1-c1ccccc1. The molecule has 0 saturated carbocycles. The van der Waals surface area contributed by atoms with Crippen molar-refractivity contribution in [3.63, 3.8) is 0 Å². The molecule has 3 aromatic carbocycles. The van der Waals surface area contributed by atoms with Gasteiger partial charge in [0.25, 0.3) is 0 Å². The first kappa shape index (κ1) is 23.8. The number of aromatic nitrogens is 4. The summed E-state index contributed by atoms with van der Waals surface area (Å²) in [4.78, 5) is 19.6. The van der Waals surface area contributed by atoms with Gasteiger partial charge in [-0.2, -0.15) is 0 Å². The monoisotopic (exact) mass is 491 g/mol. The molecule has 0 spiro atoms. The number of benzene rings is 3. The zero-order valence-electron chi connectivity index (χ0n) is 21.2. The Morgan fingerprint density at radius 2 is 1.61 bits per heavy atom. The highest BCUT2D eigenvalue weighted by Gasteiger charge is 2.17. The maximum Gasteiger partial charge on any atom is 0.183 e. The summed E-state index contributed by atoms with van der Waals surface area (Å²) in [6, 6.07) is 35.0. The molecule has 3 aromatic heterocycles. The normalized spacial score (nSPS) is 11.3. The van der Waals surface area contributed by atoms with Gasteiger partial charge in [0.2, 0.25) is 0 Å². The topological polar surface area (TPSA) is 57.7 Å². The van der Waals surface area contributed by atoms with Crippen molar-refractivity contribution in [1.29, 1.82) is 0 Å². The summed E-state index contributed by atoms with van der Waals surface area (Å²) in [5.41, 5.74) is 9.00. The Labute approximate surface area is 223 Å². The number of aryl methyl sites for hydroxylation is 1. The smallest absolute Gasteiger partial charge is 0.183 e. The molecule has 6 aromatic rings. The highest BCUT2D eigenvalue weighted by atomic mass is 15.1. The first-order valence-corrected chi connectivity index (χ1v) is 12.6. The molecule has 38 heavy (non-hydrogen) atoms. The van der Waals surface area contributed by atoms with Gasteiger partial charge in [-0.15, -0.1) is 0 Å². The van der Waals surface area contributed by atoms with Crippen LogP contribution >= 0.6 is 0 Å². The van der Waals surface area contributed by atoms with Crippen LogP contribution in [0.15, 0.2) is 109 Å². The second kappa shape index (κ2) is 10.4. The van der Waals surface area contributed by atoms with Crippen LogP contribution < -0.4 is 0 Å². The van der Waals surface area contributed by atoms with Gasteiger partial charge in [0.15, 0.2) is 7.98 Å². The van der Waals surface area contributed by atoms with Crippen molar-refractivity contribution in [2.24, 2.45) is 0 Å². The molecule has 0 saturated heterocycles. The van der Waals surface area contributed by atoms with Crippen LogP contribution in [0, 0.1) is 6.92 Å². The van der Waals surface area contributed by atoms with Crippen LogP contribution in [0.1, 0.15) is 17.1 Å². The molecule has 0 unspecified atom stereocenters. The average Bonchev–Trinajstić information content (AvgIpc) is 3.37. The van der Waals surface area contributed by atoms with Crippen LogP contribution in [0.3, 0.4) is 0 Å². The third-order valence-corrected chi connectivity index (χ3v) is 6.60. The lowest BCUT2D eigenvalue weighted by atomic mass is 9.99. The van der Waals surface area contributed by atoms with Crippen molar-refractivity contribution in [2.45, 2.75) is 20.0 Å². The maximum absolute atomic E-state index is 6.57. The van der Waals surface area contributed by atoms with Crippen molar-refractivity contribution >= 4 is 18.9 Å². The maximum atomic E-state index is 6.57. The van der Waals surface area contributed by atoms with E-state index in [1.54, 1.807) is 4.81 Å². The van der Waals surface area contributed by atoms with E-state index in [9.17, 15) is 0 Å². The number of hydrogen-bond acceptors (Lipinski definition) is 4. The zero-order chi connectivity index (χ0) is 25.9. The van der Waals surface area contributed by atoms with E-state index in [-0.39, 0.29) is 0 Å². The largest absolute Gasteiger partial charge is 0.344 e. The molecule has 5 nitrogen and oxygen atoms in total. The molecule has 6 rings (SSSR count). The molecule has 0 bridgehead atoms. The molecule has 182 valence electrons. The van der Waals surface area contributed by atoms with Gasteiger partial charge in [0, 0.05) is 35.9 Å². The van der Waals surface area contributed by atoms with Crippen molar-refractivity contribution in [1.82, 2.24) is 24.7 Å². The van der Waals surface area contributed by atoms with Gasteiger partial charge in [0.1, 0.15) is 5.82 Å². The van der Waals surface area contributed by atoms with Crippen LogP contribution in [-0.4, -0.2) is 32.7 Å². The van der Waals surface area contributed by atoms with Crippen molar-refractivity contribution in [2.75, 3.05) is 0 Å². The van der Waals surface area contributed by atoms with E-state index in [1.165, 1.54) is 11.1 Å². The van der Waals surface area contributed by atoms with E-state index < -0.39 is 0 Å². The number of fused-ring (bicyclic) bond motifs is 1. The third kappa shape index (κ3) is 4.99. The summed E-state index contributed by atoms with van der Waals surface area (Å²) in [7, 11) is 6.57. The third-order valence-electron chi connectivity index (χ3n) is 6.60. The van der Waals surface area contributed by atoms with Crippen LogP contribution in [0.25, 0.3) is 44.7 Å². The van der Waals surface area contributed by atoms with Gasteiger partial charge in [-0.3, -0.25) is 9.97 Å². The molecule has 6 heteroatoms. The Kier molecular flexibility index (Phi) is 6.55. The second-order valence-electron chi connectivity index (χ2n) is 9.41. The summed E-state index contributed by atoms with van der Waals surface area (Å²) in [6.45, 7) is 3.03. The lowest BCUT2D eigenvalue weighted by Gasteiger charge is -2.18. The number of rotatable bonds is 7. The number of H-pyrrole nitrogens is 1. The second-order valence-corrected chi connectivity index (χ2v) is 9.41. The number of imidazole rings is 1. The number of aromatic amines is 1. The zero-order valence-corrected chi connectivity index (χ0v) is 21.2. The molecular weight excluding hydrogens is 465 g/mol. The lowest BCUT2D eigenvalue weighted by molar-refractivity contribution is 0.433. The predicted octanol–water partition coefficient (Wildman–Crippen LogP) is 6.75. The van der Waals surface area contributed by atoms with Crippen molar-refractivity contribution in [3.05, 3.63) is 126 Å². The Hall–Kier alpha value is -4.55. The van der Waals surface area contributed by atoms with Crippen LogP contribution in [0.4, 0.5) is 0 Å². The first-order chi connectivity index (χ1) is 18.6. The van der Waals surface area contributed by atoms with E-state index in [2.05, 4.69) is 76.7 Å². The first-order valence-electron chi connectivity index (χ1n) is 12.6. The Balaban J connectivity index is 1.33. The van der Waals surface area contributed by atoms with Gasteiger partial charge in [-0.25, -0.2) is 4.98 Å². The molecule has 0 aliphatic rings. The van der Waals surface area contributed by atoms with Gasteiger partial charge >= 0.3 is 0 Å². The van der Waals surface area contributed by atoms with E-state index in [0.29, 0.717) is 13.1 Å². The van der Waals surface area contributed by atoms with Gasteiger partial charge in [-0.1, -0.05) is 72.8 Å². The van der Waals surface area contributed by atoms with Crippen molar-refractivity contribution in [3.8, 4) is 33.8 Å². The minimum atomic E-state index is 0.455. The quantitative estimate of drug-likeness (QED) is 0.251. The minimum Gasteiger partial charge on any atom is -0.344 e. The minimum absolute atomic E-state index is 0.455. The number of pyridine rings is 2. The highest BCUT2D eigenvalue weighted by molar-refractivity contribution is 6.04. The molecule has 2 radical (unpaired) electrons. The van der Waals surface area contributed by atoms with Crippen LogP contribution in [-0.2, 0) is 13.1 Å². The van der Waals surface area contributed by atoms with E-state index in [4.69, 9.17) is 17.9 Å². The lowest BCUT2D eigenvalue weighted by Crippen LogP contribution is -2.20. The highest BCUT2D eigenvalue weighted by Crippen LogP contribution is 2.32. The van der Waals surface area contributed by atoms with Gasteiger partial charge in [0.05, 0.1) is 22.6 Å². The number of nitrogens with zero attached hydrogens (tertiary/aromatic N) is 4. The molecule has 0 atom stereocenters. The molecule has 0 amide bonds. The molecule has 0 aliphatic carbocycles. The predicted molar refractivity (Wildman–Crippen MR) is 154 cm³/mol. The fraction of sp³-hybridized carbons (Fsp3) is 0.0938. The van der Waals surface area contributed by atoms with Crippen LogP contribution in [0.2, 0.25) is 0 Å². The Bertz CT molecular complexity index is 1710. The molecule has 1 N–H and O–H groups in total. The number of hydrogen-bond donors (Lipinski definition) is 1. The standard InChI is InChI=1S/C32H26BN5/c1-22-9-7-15-29(35-22)32-31(25-16-17-28-24(19-25)13-8-18-34-28)36-30(37-32)21-38(33)20-26-12-5-6-14-27(26)23-10-3-2-4-11-23/h2-19H,20-21H2,1H3,(H,36,37). The van der Waals surface area contributed by atoms with Crippen LogP contribution in [0.5, 0.6) is 0 Å². The molecular formula is C32H26BN5. The van der Waals surface area contributed by atoms with E-state index in [0.717, 1.165) is 50.6 Å². The Morgan fingerprint density at radius 1 is 0.763 bits per heavy atom. The fourth-order valence-electron chi connectivity index (χ4n) is 4.82.